The molecular weight excluding hydrogens is 389 g/mol. The third-order valence-corrected chi connectivity index (χ3v) is 4.08. The Morgan fingerprint density at radius 2 is 1.93 bits per heavy atom. The number of amides is 1. The van der Waals surface area contributed by atoms with Crippen molar-refractivity contribution >= 4 is 23.3 Å². The first-order chi connectivity index (χ1) is 13.7. The number of carbonyl (C=O) groups excluding carboxylic acids is 1. The summed E-state index contributed by atoms with van der Waals surface area (Å²) in [5.74, 6) is 5.92. The number of nitrogens with two attached hydrogens (primary N) is 2. The van der Waals surface area contributed by atoms with Gasteiger partial charge in [0.15, 0.2) is 5.84 Å². The second-order valence-electron chi connectivity index (χ2n) is 6.29. The number of alkyl halides is 3. The van der Waals surface area contributed by atoms with Gasteiger partial charge in [-0.25, -0.2) is 15.8 Å². The molecule has 0 spiro atoms. The molecule has 29 heavy (non-hydrogen) atoms. The lowest BCUT2D eigenvalue weighted by molar-refractivity contribution is -0.137. The van der Waals surface area contributed by atoms with Gasteiger partial charge in [0.25, 0.3) is 0 Å². The van der Waals surface area contributed by atoms with E-state index in [-0.39, 0.29) is 25.0 Å². The number of para-hydroxylation sites is 1. The normalized spacial score (nSPS) is 16.9. The summed E-state index contributed by atoms with van der Waals surface area (Å²) in [6.07, 6.45) is -4.92. The molecule has 1 saturated heterocycles. The molecule has 154 valence electrons. The number of amidine groups is 1. The number of cyclic esters (lactones) is 1. The van der Waals surface area contributed by atoms with Crippen LogP contribution >= 0.6 is 0 Å². The number of benzene rings is 2. The van der Waals surface area contributed by atoms with Gasteiger partial charge in [-0.2, -0.15) is 13.2 Å². The summed E-state index contributed by atoms with van der Waals surface area (Å²) < 4.78 is 42.9. The number of hydrogen-bond donors (Lipinski definition) is 4. The Kier molecular flexibility index (Phi) is 5.78. The summed E-state index contributed by atoms with van der Waals surface area (Å²) in [5, 5.41) is 10.8. The Labute approximate surface area is 164 Å². The van der Waals surface area contributed by atoms with E-state index in [1.54, 1.807) is 24.3 Å². The number of anilines is 2. The van der Waals surface area contributed by atoms with Crippen molar-refractivity contribution in [1.82, 2.24) is 10.4 Å². The third kappa shape index (κ3) is 5.29. The average Bonchev–Trinajstić information content (AvgIpc) is 3.06. The molecule has 3 rings (SSSR count). The van der Waals surface area contributed by atoms with Crippen molar-refractivity contribution in [1.29, 1.82) is 0 Å². The quantitative estimate of drug-likeness (QED) is 0.252. The van der Waals surface area contributed by atoms with Gasteiger partial charge in [0.1, 0.15) is 6.61 Å². The molecule has 1 amide bonds. The monoisotopic (exact) mass is 408 g/mol. The van der Waals surface area contributed by atoms with Crippen molar-refractivity contribution in [3.05, 3.63) is 59.7 Å². The molecule has 0 bridgehead atoms. The van der Waals surface area contributed by atoms with E-state index in [1.165, 1.54) is 12.1 Å². The van der Waals surface area contributed by atoms with Crippen LogP contribution in [-0.2, 0) is 10.9 Å². The number of hydrazine groups is 1. The van der Waals surface area contributed by atoms with Crippen molar-refractivity contribution in [2.24, 2.45) is 16.7 Å². The number of ether oxygens (including phenoxy) is 1. The van der Waals surface area contributed by atoms with Gasteiger partial charge in [0.2, 0.25) is 0 Å². The van der Waals surface area contributed by atoms with E-state index in [4.69, 9.17) is 16.3 Å². The lowest BCUT2D eigenvalue weighted by atomic mass is 10.1. The van der Waals surface area contributed by atoms with Crippen LogP contribution in [0.4, 0.5) is 29.3 Å². The van der Waals surface area contributed by atoms with Crippen molar-refractivity contribution in [2.45, 2.75) is 12.2 Å². The summed E-state index contributed by atoms with van der Waals surface area (Å²) >= 11 is 0. The number of rotatable bonds is 6. The van der Waals surface area contributed by atoms with Crippen LogP contribution < -0.4 is 22.2 Å². The molecule has 2 aromatic rings. The van der Waals surface area contributed by atoms with Gasteiger partial charge in [-0.3, -0.25) is 0 Å². The Morgan fingerprint density at radius 3 is 2.55 bits per heavy atom. The van der Waals surface area contributed by atoms with Crippen LogP contribution in [0.3, 0.4) is 0 Å². The number of nitrogens with zero attached hydrogens (tertiary/aromatic N) is 2. The Morgan fingerprint density at radius 1 is 1.24 bits per heavy atom. The third-order valence-electron chi connectivity index (χ3n) is 4.08. The van der Waals surface area contributed by atoms with Crippen LogP contribution in [0.25, 0.3) is 0 Å². The number of halogens is 3. The second-order valence-corrected chi connectivity index (χ2v) is 6.29. The highest BCUT2D eigenvalue weighted by atomic mass is 19.4. The number of nitrogens with one attached hydrogen (secondary N) is 2. The largest absolute Gasteiger partial charge is 0.447 e. The molecule has 1 heterocycles. The number of hydrazone groups is 1. The zero-order valence-electron chi connectivity index (χ0n) is 15.1. The standard InChI is InChI=1S/C18H19F3N6O2/c19-18(20,21)11-5-7-12(8-6-11)24-15-4-2-1-3-14(15)16(22)26-27(23)9-13-10-29-17(28)25-13/h1-8,13,24H,9-10,23H2,(H2,22,26)(H,25,28). The summed E-state index contributed by atoms with van der Waals surface area (Å²) in [4.78, 5) is 11.0. The first-order valence-electron chi connectivity index (χ1n) is 8.55. The van der Waals surface area contributed by atoms with Gasteiger partial charge in [-0.15, -0.1) is 5.10 Å². The van der Waals surface area contributed by atoms with Crippen LogP contribution in [-0.4, -0.2) is 36.2 Å². The molecule has 0 aliphatic carbocycles. The Balaban J connectivity index is 1.73. The van der Waals surface area contributed by atoms with Crippen LogP contribution in [0, 0.1) is 0 Å². The van der Waals surface area contributed by atoms with Gasteiger partial charge in [0, 0.05) is 16.9 Å². The topological polar surface area (TPSA) is 118 Å². The predicted molar refractivity (Wildman–Crippen MR) is 101 cm³/mol. The van der Waals surface area contributed by atoms with Crippen LogP contribution in [0.5, 0.6) is 0 Å². The maximum Gasteiger partial charge on any atom is 0.416 e. The van der Waals surface area contributed by atoms with Gasteiger partial charge < -0.3 is 21.1 Å². The second kappa shape index (κ2) is 8.27. The van der Waals surface area contributed by atoms with Crippen LogP contribution in [0.15, 0.2) is 53.6 Å². The fourth-order valence-corrected chi connectivity index (χ4v) is 2.70. The van der Waals surface area contributed by atoms with E-state index in [0.717, 1.165) is 17.3 Å². The minimum atomic E-state index is -4.40. The molecule has 1 aliphatic heterocycles. The predicted octanol–water partition coefficient (Wildman–Crippen LogP) is 2.35. The highest BCUT2D eigenvalue weighted by molar-refractivity contribution is 6.02. The molecule has 11 heteroatoms. The molecule has 0 saturated carbocycles. The lowest BCUT2D eigenvalue weighted by Crippen LogP contribution is -2.41. The van der Waals surface area contributed by atoms with Gasteiger partial charge in [0.05, 0.1) is 18.2 Å². The van der Waals surface area contributed by atoms with E-state index < -0.39 is 17.8 Å². The fourth-order valence-electron chi connectivity index (χ4n) is 2.70. The first-order valence-corrected chi connectivity index (χ1v) is 8.55. The number of carbonyl (C=O) groups is 1. The number of hydrogen-bond acceptors (Lipinski definition) is 6. The molecule has 1 unspecified atom stereocenters. The molecule has 6 N–H and O–H groups in total. The molecular formula is C18H19F3N6O2. The van der Waals surface area contributed by atoms with Crippen molar-refractivity contribution in [2.75, 3.05) is 18.5 Å². The fraction of sp³-hybridized carbons (Fsp3) is 0.222. The Bertz CT molecular complexity index is 901. The summed E-state index contributed by atoms with van der Waals surface area (Å²) in [7, 11) is 0. The van der Waals surface area contributed by atoms with Gasteiger partial charge in [-0.1, -0.05) is 12.1 Å². The highest BCUT2D eigenvalue weighted by Gasteiger charge is 2.30. The van der Waals surface area contributed by atoms with Gasteiger partial charge >= 0.3 is 12.3 Å². The summed E-state index contributed by atoms with van der Waals surface area (Å²) in [5.41, 5.74) is 6.82. The highest BCUT2D eigenvalue weighted by Crippen LogP contribution is 2.30. The van der Waals surface area contributed by atoms with Crippen molar-refractivity contribution < 1.29 is 22.7 Å². The zero-order valence-corrected chi connectivity index (χ0v) is 15.1. The smallest absolute Gasteiger partial charge is 0.416 e. The van der Waals surface area contributed by atoms with E-state index in [9.17, 15) is 18.0 Å². The molecule has 8 nitrogen and oxygen atoms in total. The van der Waals surface area contributed by atoms with Crippen molar-refractivity contribution in [3.63, 3.8) is 0 Å². The molecule has 1 aliphatic rings. The Hall–Kier alpha value is -3.47. The lowest BCUT2D eigenvalue weighted by Gasteiger charge is -2.18. The van der Waals surface area contributed by atoms with Gasteiger partial charge in [-0.05, 0) is 36.4 Å². The van der Waals surface area contributed by atoms with E-state index in [0.29, 0.717) is 16.9 Å². The molecule has 1 atom stereocenters. The summed E-state index contributed by atoms with van der Waals surface area (Å²) in [6.45, 7) is 0.356. The molecule has 1 fully saturated rings. The maximum absolute atomic E-state index is 12.7. The van der Waals surface area contributed by atoms with Crippen LogP contribution in [0.1, 0.15) is 11.1 Å². The SMILES string of the molecule is N/C(=N\N(N)CC1COC(=O)N1)c1ccccc1Nc1ccc(C(F)(F)F)cc1. The summed E-state index contributed by atoms with van der Waals surface area (Å²) in [6, 6.07) is 11.2. The maximum atomic E-state index is 12.7. The van der Waals surface area contributed by atoms with Crippen molar-refractivity contribution in [3.8, 4) is 0 Å². The molecule has 0 radical (unpaired) electrons. The van der Waals surface area contributed by atoms with E-state index in [2.05, 4.69) is 15.7 Å². The average molecular weight is 408 g/mol. The molecule has 0 aromatic heterocycles. The minimum Gasteiger partial charge on any atom is -0.447 e. The van der Waals surface area contributed by atoms with E-state index >= 15 is 0 Å². The number of alkyl carbamates (subject to hydrolysis) is 1. The molecule has 2 aromatic carbocycles. The zero-order chi connectivity index (χ0) is 21.0. The minimum absolute atomic E-state index is 0.0905. The van der Waals surface area contributed by atoms with E-state index in [1.807, 2.05) is 0 Å². The van der Waals surface area contributed by atoms with Crippen LogP contribution in [0.2, 0.25) is 0 Å². The first kappa shape index (κ1) is 20.3.